The topological polar surface area (TPSA) is 17.1 Å². The van der Waals surface area contributed by atoms with E-state index in [0.717, 1.165) is 17.7 Å². The fourth-order valence-electron chi connectivity index (χ4n) is 2.37. The van der Waals surface area contributed by atoms with Gasteiger partial charge in [0.05, 0.1) is 4.88 Å². The van der Waals surface area contributed by atoms with Crippen molar-refractivity contribution in [3.05, 3.63) is 57.0 Å². The van der Waals surface area contributed by atoms with Crippen LogP contribution in [0.4, 0.5) is 4.39 Å². The summed E-state index contributed by atoms with van der Waals surface area (Å²) in [5, 5.41) is 0. The molecule has 0 spiro atoms. The summed E-state index contributed by atoms with van der Waals surface area (Å²) in [6.07, 6.45) is 3.53. The highest BCUT2D eigenvalue weighted by Crippen LogP contribution is 2.31. The van der Waals surface area contributed by atoms with Crippen LogP contribution in [0.3, 0.4) is 0 Å². The van der Waals surface area contributed by atoms with Crippen LogP contribution in [0.1, 0.15) is 32.1 Å². The van der Waals surface area contributed by atoms with Crippen LogP contribution in [0.25, 0.3) is 0 Å². The van der Waals surface area contributed by atoms with Gasteiger partial charge < -0.3 is 0 Å². The van der Waals surface area contributed by atoms with Crippen molar-refractivity contribution in [2.75, 3.05) is 0 Å². The van der Waals surface area contributed by atoms with Crippen molar-refractivity contribution >= 4 is 17.1 Å². The maximum absolute atomic E-state index is 13.5. The summed E-state index contributed by atoms with van der Waals surface area (Å²) in [5.41, 5.74) is 1.80. The van der Waals surface area contributed by atoms with Crippen LogP contribution in [0.5, 0.6) is 0 Å². The van der Waals surface area contributed by atoms with Crippen LogP contribution in [-0.4, -0.2) is 5.78 Å². The number of thiophene rings is 1. The first kappa shape index (κ1) is 11.6. The first-order valence-corrected chi connectivity index (χ1v) is 6.94. The first-order valence-electron chi connectivity index (χ1n) is 6.12. The second kappa shape index (κ2) is 4.65. The lowest BCUT2D eigenvalue weighted by atomic mass is 10.1. The number of Topliss-reactive ketones (excluding diaryl/α,β-unsaturated/α-hetero) is 1. The Balaban J connectivity index is 1.81. The molecule has 0 radical (unpaired) electrons. The molecule has 1 heterocycles. The van der Waals surface area contributed by atoms with Crippen LogP contribution in [0, 0.1) is 5.82 Å². The van der Waals surface area contributed by atoms with E-state index in [9.17, 15) is 9.18 Å². The van der Waals surface area contributed by atoms with Crippen molar-refractivity contribution in [1.82, 2.24) is 0 Å². The Hall–Kier alpha value is -1.48. The molecule has 0 saturated carbocycles. The number of hydrogen-bond acceptors (Lipinski definition) is 2. The lowest BCUT2D eigenvalue weighted by Crippen LogP contribution is -2.03. The van der Waals surface area contributed by atoms with Gasteiger partial charge in [0, 0.05) is 11.3 Å². The van der Waals surface area contributed by atoms with E-state index in [2.05, 4.69) is 0 Å². The Bertz CT molecular complexity index is 579. The van der Waals surface area contributed by atoms with E-state index in [4.69, 9.17) is 0 Å². The molecule has 0 fully saturated rings. The van der Waals surface area contributed by atoms with E-state index in [1.165, 1.54) is 22.9 Å². The zero-order valence-corrected chi connectivity index (χ0v) is 10.7. The molecular formula is C15H13FOS. The molecule has 0 N–H and O–H groups in total. The lowest BCUT2D eigenvalue weighted by molar-refractivity contribution is 0.0995. The highest BCUT2D eigenvalue weighted by Gasteiger charge is 2.19. The molecule has 92 valence electrons. The van der Waals surface area contributed by atoms with Gasteiger partial charge >= 0.3 is 0 Å². The van der Waals surface area contributed by atoms with Crippen molar-refractivity contribution in [1.29, 1.82) is 0 Å². The Morgan fingerprint density at radius 1 is 1.28 bits per heavy atom. The summed E-state index contributed by atoms with van der Waals surface area (Å²) in [6, 6.07) is 8.48. The minimum atomic E-state index is -0.296. The first-order chi connectivity index (χ1) is 8.74. The minimum absolute atomic E-state index is 0.0273. The molecular weight excluding hydrogens is 247 g/mol. The molecule has 1 aromatic carbocycles. The third-order valence-corrected chi connectivity index (χ3v) is 4.61. The molecule has 3 heteroatoms. The maximum atomic E-state index is 13.5. The number of halogens is 1. The molecule has 1 aromatic heterocycles. The summed E-state index contributed by atoms with van der Waals surface area (Å²) in [6.45, 7) is 0. The predicted octanol–water partition coefficient (Wildman–Crippen LogP) is 3.80. The standard InChI is InChI=1S/C15H13FOS/c16-12-6-2-1-4-10(12)8-13(17)15-9-11-5-3-7-14(11)18-15/h1-2,4,6,9H,3,5,7-8H2. The number of aryl methyl sites for hydroxylation is 2. The number of carbonyl (C=O) groups excluding carboxylic acids is 1. The van der Waals surface area contributed by atoms with E-state index < -0.39 is 0 Å². The van der Waals surface area contributed by atoms with E-state index in [1.807, 2.05) is 6.07 Å². The van der Waals surface area contributed by atoms with Crippen molar-refractivity contribution in [3.8, 4) is 0 Å². The second-order valence-electron chi connectivity index (χ2n) is 4.60. The zero-order chi connectivity index (χ0) is 12.5. The van der Waals surface area contributed by atoms with Gasteiger partial charge in [-0.1, -0.05) is 18.2 Å². The van der Waals surface area contributed by atoms with Gasteiger partial charge in [0.1, 0.15) is 5.82 Å². The van der Waals surface area contributed by atoms with Gasteiger partial charge in [0.25, 0.3) is 0 Å². The molecule has 0 aliphatic heterocycles. The summed E-state index contributed by atoms with van der Waals surface area (Å²) in [4.78, 5) is 14.2. The fourth-order valence-corrected chi connectivity index (χ4v) is 3.56. The molecule has 0 saturated heterocycles. The molecule has 18 heavy (non-hydrogen) atoms. The van der Waals surface area contributed by atoms with Gasteiger partial charge in [0.15, 0.2) is 5.78 Å². The number of rotatable bonds is 3. The number of ketones is 1. The molecule has 2 aromatic rings. The van der Waals surface area contributed by atoms with E-state index in [1.54, 1.807) is 29.5 Å². The molecule has 0 atom stereocenters. The quantitative estimate of drug-likeness (QED) is 0.767. The van der Waals surface area contributed by atoms with E-state index in [-0.39, 0.29) is 18.0 Å². The fraction of sp³-hybridized carbons (Fsp3) is 0.267. The molecule has 1 nitrogen and oxygen atoms in total. The maximum Gasteiger partial charge on any atom is 0.177 e. The van der Waals surface area contributed by atoms with Gasteiger partial charge in [-0.15, -0.1) is 11.3 Å². The Morgan fingerprint density at radius 3 is 2.89 bits per heavy atom. The summed E-state index contributed by atoms with van der Waals surface area (Å²) >= 11 is 1.58. The number of carbonyl (C=O) groups is 1. The molecule has 0 amide bonds. The smallest absolute Gasteiger partial charge is 0.177 e. The molecule has 1 aliphatic rings. The molecule has 1 aliphatic carbocycles. The summed E-state index contributed by atoms with van der Waals surface area (Å²) in [7, 11) is 0. The molecule has 0 unspecified atom stereocenters. The van der Waals surface area contributed by atoms with Gasteiger partial charge in [-0.05, 0) is 42.5 Å². The van der Waals surface area contributed by atoms with Crippen molar-refractivity contribution in [2.45, 2.75) is 25.7 Å². The normalized spacial score (nSPS) is 13.6. The van der Waals surface area contributed by atoms with Crippen LogP contribution >= 0.6 is 11.3 Å². The van der Waals surface area contributed by atoms with Crippen LogP contribution < -0.4 is 0 Å². The summed E-state index contributed by atoms with van der Waals surface area (Å²) in [5.74, 6) is -0.269. The second-order valence-corrected chi connectivity index (χ2v) is 5.74. The van der Waals surface area contributed by atoms with Crippen LogP contribution in [0.2, 0.25) is 0 Å². The number of benzene rings is 1. The Labute approximate surface area is 109 Å². The third-order valence-electron chi connectivity index (χ3n) is 3.33. The monoisotopic (exact) mass is 260 g/mol. The number of fused-ring (bicyclic) bond motifs is 1. The Kier molecular flexibility index (Phi) is 3.00. The lowest BCUT2D eigenvalue weighted by Gasteiger charge is -2.00. The summed E-state index contributed by atoms with van der Waals surface area (Å²) < 4.78 is 13.5. The molecule has 3 rings (SSSR count). The number of hydrogen-bond donors (Lipinski definition) is 0. The average molecular weight is 260 g/mol. The third kappa shape index (κ3) is 2.10. The van der Waals surface area contributed by atoms with Crippen LogP contribution in [-0.2, 0) is 19.3 Å². The van der Waals surface area contributed by atoms with E-state index >= 15 is 0 Å². The average Bonchev–Trinajstić information content (AvgIpc) is 2.92. The SMILES string of the molecule is O=C(Cc1ccccc1F)c1cc2c(s1)CCC2. The Morgan fingerprint density at radius 2 is 2.11 bits per heavy atom. The van der Waals surface area contributed by atoms with Crippen molar-refractivity contribution in [3.63, 3.8) is 0 Å². The molecule has 0 bridgehead atoms. The van der Waals surface area contributed by atoms with Crippen molar-refractivity contribution < 1.29 is 9.18 Å². The van der Waals surface area contributed by atoms with Gasteiger partial charge in [-0.25, -0.2) is 4.39 Å². The van der Waals surface area contributed by atoms with Gasteiger partial charge in [-0.2, -0.15) is 0 Å². The van der Waals surface area contributed by atoms with Crippen molar-refractivity contribution in [2.24, 2.45) is 0 Å². The zero-order valence-electron chi connectivity index (χ0n) is 9.91. The minimum Gasteiger partial charge on any atom is -0.293 e. The highest BCUT2D eigenvalue weighted by atomic mass is 32.1. The largest absolute Gasteiger partial charge is 0.293 e. The van der Waals surface area contributed by atoms with Crippen LogP contribution in [0.15, 0.2) is 30.3 Å². The highest BCUT2D eigenvalue weighted by molar-refractivity contribution is 7.14. The van der Waals surface area contributed by atoms with E-state index in [0.29, 0.717) is 5.56 Å². The van der Waals surface area contributed by atoms with Gasteiger partial charge in [-0.3, -0.25) is 4.79 Å². The predicted molar refractivity (Wildman–Crippen MR) is 70.8 cm³/mol. The van der Waals surface area contributed by atoms with Gasteiger partial charge in [0.2, 0.25) is 0 Å².